The van der Waals surface area contributed by atoms with Crippen LogP contribution in [0.3, 0.4) is 0 Å². The number of hydrogen-bond donors (Lipinski definition) is 1. The predicted octanol–water partition coefficient (Wildman–Crippen LogP) is 2.29. The molecule has 0 fully saturated rings. The number of rotatable bonds is 2. The van der Waals surface area contributed by atoms with E-state index in [2.05, 4.69) is 6.92 Å². The number of halogens is 1. The first-order chi connectivity index (χ1) is 7.65. The topological polar surface area (TPSA) is 46.5 Å². The summed E-state index contributed by atoms with van der Waals surface area (Å²) in [4.78, 5) is 11.6. The van der Waals surface area contributed by atoms with Crippen LogP contribution in [0.4, 0.5) is 0 Å². The van der Waals surface area contributed by atoms with Crippen molar-refractivity contribution in [3.63, 3.8) is 0 Å². The van der Waals surface area contributed by atoms with E-state index in [0.29, 0.717) is 24.2 Å². The number of unbranched alkanes of at least 4 members (excludes halogenated alkanes) is 1. The van der Waals surface area contributed by atoms with Crippen LogP contribution in [-0.2, 0) is 9.53 Å². The summed E-state index contributed by atoms with van der Waals surface area (Å²) < 4.78 is 5.18. The SMILES string of the molecule is CCC/C=C1\OC(=O)C2=C1CC[C@H](O)[C@H]2Cl. The number of hydrogen-bond acceptors (Lipinski definition) is 3. The van der Waals surface area contributed by atoms with E-state index in [9.17, 15) is 9.90 Å². The summed E-state index contributed by atoms with van der Waals surface area (Å²) in [5, 5.41) is 8.99. The molecule has 0 radical (unpaired) electrons. The summed E-state index contributed by atoms with van der Waals surface area (Å²) >= 11 is 6.03. The zero-order valence-corrected chi connectivity index (χ0v) is 9.96. The zero-order valence-electron chi connectivity index (χ0n) is 9.20. The number of esters is 1. The highest BCUT2D eigenvalue weighted by Gasteiger charge is 2.40. The Labute approximate surface area is 99.7 Å². The van der Waals surface area contributed by atoms with Crippen LogP contribution in [0, 0.1) is 0 Å². The Morgan fingerprint density at radius 3 is 3.06 bits per heavy atom. The van der Waals surface area contributed by atoms with E-state index in [0.717, 1.165) is 18.4 Å². The fourth-order valence-electron chi connectivity index (χ4n) is 2.08. The fourth-order valence-corrected chi connectivity index (χ4v) is 2.43. The van der Waals surface area contributed by atoms with Crippen molar-refractivity contribution in [1.82, 2.24) is 0 Å². The molecular weight excluding hydrogens is 228 g/mol. The highest BCUT2D eigenvalue weighted by atomic mass is 35.5. The minimum Gasteiger partial charge on any atom is -0.423 e. The van der Waals surface area contributed by atoms with Gasteiger partial charge in [0.25, 0.3) is 0 Å². The number of carbonyl (C=O) groups is 1. The van der Waals surface area contributed by atoms with E-state index in [4.69, 9.17) is 16.3 Å². The van der Waals surface area contributed by atoms with Gasteiger partial charge in [-0.3, -0.25) is 0 Å². The van der Waals surface area contributed by atoms with Gasteiger partial charge in [0.05, 0.1) is 17.1 Å². The Hall–Kier alpha value is -0.800. The lowest BCUT2D eigenvalue weighted by Crippen LogP contribution is -2.29. The van der Waals surface area contributed by atoms with Gasteiger partial charge in [0.1, 0.15) is 5.76 Å². The number of ether oxygens (including phenoxy) is 1. The number of alkyl halides is 1. The lowest BCUT2D eigenvalue weighted by atomic mass is 9.89. The fraction of sp³-hybridized carbons (Fsp3) is 0.583. The first-order valence-corrected chi connectivity index (χ1v) is 6.06. The molecule has 1 aliphatic heterocycles. The molecule has 1 N–H and O–H groups in total. The Balaban J connectivity index is 2.31. The van der Waals surface area contributed by atoms with E-state index in [1.54, 1.807) is 0 Å². The van der Waals surface area contributed by atoms with Crippen molar-refractivity contribution in [2.24, 2.45) is 0 Å². The predicted molar refractivity (Wildman–Crippen MR) is 61.0 cm³/mol. The average Bonchev–Trinajstić information content (AvgIpc) is 2.58. The Morgan fingerprint density at radius 1 is 1.62 bits per heavy atom. The number of aliphatic hydroxyl groups excluding tert-OH is 1. The second kappa shape index (κ2) is 4.60. The van der Waals surface area contributed by atoms with Crippen molar-refractivity contribution in [3.05, 3.63) is 23.0 Å². The summed E-state index contributed by atoms with van der Waals surface area (Å²) in [6.45, 7) is 2.07. The lowest BCUT2D eigenvalue weighted by Gasteiger charge is -2.22. The highest BCUT2D eigenvalue weighted by Crippen LogP contribution is 2.39. The molecule has 0 aromatic carbocycles. The van der Waals surface area contributed by atoms with Gasteiger partial charge < -0.3 is 9.84 Å². The average molecular weight is 243 g/mol. The second-order valence-corrected chi connectivity index (χ2v) is 4.62. The maximum Gasteiger partial charge on any atom is 0.341 e. The summed E-state index contributed by atoms with van der Waals surface area (Å²) in [5.41, 5.74) is 1.35. The molecule has 0 saturated carbocycles. The summed E-state index contributed by atoms with van der Waals surface area (Å²) in [6.07, 6.45) is 4.44. The van der Waals surface area contributed by atoms with Crippen molar-refractivity contribution in [2.75, 3.05) is 0 Å². The van der Waals surface area contributed by atoms with Crippen LogP contribution in [0.1, 0.15) is 32.6 Å². The van der Waals surface area contributed by atoms with E-state index in [-0.39, 0.29) is 0 Å². The third-order valence-electron chi connectivity index (χ3n) is 2.97. The van der Waals surface area contributed by atoms with Crippen LogP contribution in [-0.4, -0.2) is 22.6 Å². The van der Waals surface area contributed by atoms with Crippen LogP contribution in [0.25, 0.3) is 0 Å². The van der Waals surface area contributed by atoms with Gasteiger partial charge in [-0.1, -0.05) is 13.3 Å². The number of allylic oxidation sites excluding steroid dienone is 2. The van der Waals surface area contributed by atoms with E-state index in [1.165, 1.54) is 0 Å². The summed E-state index contributed by atoms with van der Waals surface area (Å²) in [6, 6.07) is 0. The van der Waals surface area contributed by atoms with E-state index < -0.39 is 17.5 Å². The lowest BCUT2D eigenvalue weighted by molar-refractivity contribution is -0.133. The maximum absolute atomic E-state index is 11.6. The first kappa shape index (κ1) is 11.7. The number of aliphatic hydroxyl groups is 1. The molecular formula is C12H15ClO3. The molecule has 3 nitrogen and oxygen atoms in total. The molecule has 0 bridgehead atoms. The van der Waals surface area contributed by atoms with Crippen molar-refractivity contribution >= 4 is 17.6 Å². The Kier molecular flexibility index (Phi) is 3.36. The Morgan fingerprint density at radius 2 is 2.38 bits per heavy atom. The van der Waals surface area contributed by atoms with Crippen molar-refractivity contribution in [3.8, 4) is 0 Å². The first-order valence-electron chi connectivity index (χ1n) is 5.63. The van der Waals surface area contributed by atoms with Crippen LogP contribution in [0.15, 0.2) is 23.0 Å². The van der Waals surface area contributed by atoms with Crippen LogP contribution in [0.5, 0.6) is 0 Å². The highest BCUT2D eigenvalue weighted by molar-refractivity contribution is 6.26. The van der Waals surface area contributed by atoms with Gasteiger partial charge in [0, 0.05) is 5.57 Å². The molecule has 2 rings (SSSR count). The van der Waals surface area contributed by atoms with Gasteiger partial charge in [-0.15, -0.1) is 11.6 Å². The smallest absolute Gasteiger partial charge is 0.341 e. The van der Waals surface area contributed by atoms with Gasteiger partial charge in [-0.2, -0.15) is 0 Å². The zero-order chi connectivity index (χ0) is 11.7. The van der Waals surface area contributed by atoms with Crippen molar-refractivity contribution in [1.29, 1.82) is 0 Å². The molecule has 2 atom stereocenters. The van der Waals surface area contributed by atoms with Crippen LogP contribution >= 0.6 is 11.6 Å². The normalized spacial score (nSPS) is 31.9. The van der Waals surface area contributed by atoms with E-state index in [1.807, 2.05) is 6.08 Å². The molecule has 1 heterocycles. The molecule has 0 saturated heterocycles. The largest absolute Gasteiger partial charge is 0.423 e. The third-order valence-corrected chi connectivity index (χ3v) is 3.48. The standard InChI is InChI=1S/C12H15ClO3/c1-2-3-4-9-7-5-6-8(14)11(13)10(7)12(15)16-9/h4,8,11,14H,2-3,5-6H2,1H3/b9-4-/t8-,11+/m0/s1. The number of carbonyl (C=O) groups excluding carboxylic acids is 1. The van der Waals surface area contributed by atoms with Crippen LogP contribution < -0.4 is 0 Å². The van der Waals surface area contributed by atoms with Crippen molar-refractivity contribution in [2.45, 2.75) is 44.1 Å². The summed E-state index contributed by atoms with van der Waals surface area (Å²) in [7, 11) is 0. The minimum atomic E-state index is -0.640. The quantitative estimate of drug-likeness (QED) is 0.597. The van der Waals surface area contributed by atoms with Gasteiger partial charge in [0.15, 0.2) is 0 Å². The second-order valence-electron chi connectivity index (χ2n) is 4.15. The monoisotopic (exact) mass is 242 g/mol. The molecule has 16 heavy (non-hydrogen) atoms. The molecule has 1 aliphatic carbocycles. The molecule has 0 amide bonds. The number of cyclic esters (lactones) is 1. The molecule has 88 valence electrons. The summed E-state index contributed by atoms with van der Waals surface area (Å²) in [5.74, 6) is 0.260. The van der Waals surface area contributed by atoms with Gasteiger partial charge >= 0.3 is 5.97 Å². The molecule has 2 aliphatic rings. The molecule has 4 heteroatoms. The molecule has 0 aromatic rings. The van der Waals surface area contributed by atoms with E-state index >= 15 is 0 Å². The minimum absolute atomic E-state index is 0.392. The van der Waals surface area contributed by atoms with Crippen LogP contribution in [0.2, 0.25) is 0 Å². The molecule has 0 aromatic heterocycles. The van der Waals surface area contributed by atoms with Crippen molar-refractivity contribution < 1.29 is 14.6 Å². The molecule has 0 unspecified atom stereocenters. The third kappa shape index (κ3) is 1.89. The Bertz CT molecular complexity index is 370. The van der Waals surface area contributed by atoms with Gasteiger partial charge in [-0.25, -0.2) is 4.79 Å². The van der Waals surface area contributed by atoms with Gasteiger partial charge in [-0.05, 0) is 25.3 Å². The maximum atomic E-state index is 11.6. The van der Waals surface area contributed by atoms with Gasteiger partial charge in [0.2, 0.25) is 0 Å². The molecule has 0 spiro atoms.